The zero-order valence-electron chi connectivity index (χ0n) is 12.8. The third kappa shape index (κ3) is 5.98. The number of carbonyl (C=O) groups excluding carboxylic acids is 1. The van der Waals surface area contributed by atoms with Crippen LogP contribution in [0.4, 0.5) is 0 Å². The molecule has 2 N–H and O–H groups in total. The lowest BCUT2D eigenvalue weighted by molar-refractivity contribution is -0.142. The van der Waals surface area contributed by atoms with E-state index in [2.05, 4.69) is 5.32 Å². The molecule has 0 spiro atoms. The van der Waals surface area contributed by atoms with Gasteiger partial charge in [0.05, 0.1) is 0 Å². The summed E-state index contributed by atoms with van der Waals surface area (Å²) < 4.78 is 0. The normalized spacial score (nSPS) is 12.1. The Morgan fingerprint density at radius 2 is 1.67 bits per heavy atom. The Balaban J connectivity index is 2.69. The highest BCUT2D eigenvalue weighted by Crippen LogP contribution is 2.14. The molecule has 4 nitrogen and oxygen atoms in total. The molecular formula is C17H25NO3. The second-order valence-electron chi connectivity index (χ2n) is 5.36. The van der Waals surface area contributed by atoms with Gasteiger partial charge in [0.2, 0.25) is 5.91 Å². The lowest BCUT2D eigenvalue weighted by atomic mass is 9.96. The number of amides is 1. The Morgan fingerprint density at radius 3 is 2.14 bits per heavy atom. The fourth-order valence-electron chi connectivity index (χ4n) is 2.44. The molecule has 0 aliphatic rings. The van der Waals surface area contributed by atoms with E-state index in [1.165, 1.54) is 0 Å². The number of nitrogens with one attached hydrogen (secondary N) is 1. The number of carboxylic acid groups (broad SMARTS) is 1. The molecule has 0 aliphatic heterocycles. The number of hydrogen-bond donors (Lipinski definition) is 2. The molecule has 0 saturated heterocycles. The summed E-state index contributed by atoms with van der Waals surface area (Å²) >= 11 is 0. The monoisotopic (exact) mass is 291 g/mol. The first-order chi connectivity index (χ1) is 10.1. The molecule has 1 atom stereocenters. The fourth-order valence-corrected chi connectivity index (χ4v) is 2.44. The molecule has 0 fully saturated rings. The number of carbonyl (C=O) groups is 2. The zero-order chi connectivity index (χ0) is 15.7. The Morgan fingerprint density at radius 1 is 1.10 bits per heavy atom. The van der Waals surface area contributed by atoms with Crippen molar-refractivity contribution in [1.82, 2.24) is 5.32 Å². The molecule has 1 rings (SSSR count). The van der Waals surface area contributed by atoms with Gasteiger partial charge in [0.15, 0.2) is 0 Å². The van der Waals surface area contributed by atoms with E-state index in [0.717, 1.165) is 31.2 Å². The topological polar surface area (TPSA) is 66.4 Å². The molecule has 116 valence electrons. The van der Waals surface area contributed by atoms with Crippen LogP contribution in [0.2, 0.25) is 0 Å². The van der Waals surface area contributed by atoms with Crippen LogP contribution in [-0.4, -0.2) is 23.0 Å². The van der Waals surface area contributed by atoms with Gasteiger partial charge in [-0.1, -0.05) is 57.0 Å². The molecule has 4 heteroatoms. The third-order valence-corrected chi connectivity index (χ3v) is 3.54. The smallest absolute Gasteiger partial charge is 0.326 e. The van der Waals surface area contributed by atoms with Gasteiger partial charge in [-0.25, -0.2) is 4.79 Å². The van der Waals surface area contributed by atoms with Crippen LogP contribution in [0.15, 0.2) is 30.3 Å². The first-order valence-corrected chi connectivity index (χ1v) is 7.65. The molecule has 0 unspecified atom stereocenters. The van der Waals surface area contributed by atoms with Crippen molar-refractivity contribution in [2.24, 2.45) is 5.92 Å². The highest BCUT2D eigenvalue weighted by molar-refractivity contribution is 5.85. The molecule has 0 aliphatic carbocycles. The summed E-state index contributed by atoms with van der Waals surface area (Å²) in [7, 11) is 0. The SMILES string of the molecule is CCCC(CCC)C(=O)N[C@H](Cc1ccccc1)C(=O)O. The Kier molecular flexibility index (Phi) is 7.51. The summed E-state index contributed by atoms with van der Waals surface area (Å²) in [5.74, 6) is -1.21. The minimum absolute atomic E-state index is 0.0855. The van der Waals surface area contributed by atoms with Gasteiger partial charge < -0.3 is 10.4 Å². The Labute approximate surface area is 126 Å². The highest BCUT2D eigenvalue weighted by atomic mass is 16.4. The van der Waals surface area contributed by atoms with E-state index in [-0.39, 0.29) is 11.8 Å². The molecule has 0 radical (unpaired) electrons. The molecular weight excluding hydrogens is 266 g/mol. The minimum atomic E-state index is -0.987. The van der Waals surface area contributed by atoms with Crippen LogP contribution in [0.5, 0.6) is 0 Å². The molecule has 1 aromatic carbocycles. The lowest BCUT2D eigenvalue weighted by Gasteiger charge is -2.20. The Bertz CT molecular complexity index is 439. The number of rotatable bonds is 9. The van der Waals surface area contributed by atoms with Crippen molar-refractivity contribution in [2.75, 3.05) is 0 Å². The van der Waals surface area contributed by atoms with Crippen LogP contribution in [-0.2, 0) is 16.0 Å². The van der Waals surface area contributed by atoms with Crippen LogP contribution in [0, 0.1) is 5.92 Å². The molecule has 0 heterocycles. The lowest BCUT2D eigenvalue weighted by Crippen LogP contribution is -2.45. The highest BCUT2D eigenvalue weighted by Gasteiger charge is 2.24. The third-order valence-electron chi connectivity index (χ3n) is 3.54. The maximum Gasteiger partial charge on any atom is 0.326 e. The minimum Gasteiger partial charge on any atom is -0.480 e. The van der Waals surface area contributed by atoms with Crippen molar-refractivity contribution in [3.8, 4) is 0 Å². The van der Waals surface area contributed by atoms with E-state index in [1.54, 1.807) is 0 Å². The van der Waals surface area contributed by atoms with Gasteiger partial charge in [-0.3, -0.25) is 4.79 Å². The van der Waals surface area contributed by atoms with Crippen LogP contribution in [0.3, 0.4) is 0 Å². The first kappa shape index (κ1) is 17.2. The van der Waals surface area contributed by atoms with E-state index < -0.39 is 12.0 Å². The summed E-state index contributed by atoms with van der Waals surface area (Å²) in [5.41, 5.74) is 0.910. The molecule has 1 aromatic rings. The summed E-state index contributed by atoms with van der Waals surface area (Å²) in [4.78, 5) is 23.6. The summed E-state index contributed by atoms with van der Waals surface area (Å²) in [6.07, 6.45) is 3.77. The van der Waals surface area contributed by atoms with Gasteiger partial charge >= 0.3 is 5.97 Å². The molecule has 0 saturated carbocycles. The van der Waals surface area contributed by atoms with Crippen molar-refractivity contribution in [3.05, 3.63) is 35.9 Å². The van der Waals surface area contributed by atoms with Gasteiger partial charge in [-0.05, 0) is 18.4 Å². The quantitative estimate of drug-likeness (QED) is 0.735. The summed E-state index contributed by atoms with van der Waals surface area (Å²) in [5, 5.41) is 12.0. The number of hydrogen-bond acceptors (Lipinski definition) is 2. The first-order valence-electron chi connectivity index (χ1n) is 7.65. The predicted molar refractivity (Wildman–Crippen MR) is 83.0 cm³/mol. The maximum atomic E-state index is 12.3. The fraction of sp³-hybridized carbons (Fsp3) is 0.529. The number of aliphatic carboxylic acids is 1. The second-order valence-corrected chi connectivity index (χ2v) is 5.36. The van der Waals surface area contributed by atoms with Crippen LogP contribution in [0.1, 0.15) is 45.1 Å². The van der Waals surface area contributed by atoms with E-state index in [4.69, 9.17) is 0 Å². The van der Waals surface area contributed by atoms with Crippen LogP contribution >= 0.6 is 0 Å². The zero-order valence-corrected chi connectivity index (χ0v) is 12.8. The van der Waals surface area contributed by atoms with Crippen LogP contribution in [0.25, 0.3) is 0 Å². The van der Waals surface area contributed by atoms with E-state index in [9.17, 15) is 14.7 Å². The van der Waals surface area contributed by atoms with E-state index in [0.29, 0.717) is 6.42 Å². The largest absolute Gasteiger partial charge is 0.480 e. The van der Waals surface area contributed by atoms with Gasteiger partial charge in [0.1, 0.15) is 6.04 Å². The standard InChI is InChI=1S/C17H25NO3/c1-3-8-14(9-4-2)16(19)18-15(17(20)21)12-13-10-6-5-7-11-13/h5-7,10-11,14-15H,3-4,8-9,12H2,1-2H3,(H,18,19)(H,20,21)/t15-/m1/s1. The van der Waals surface area contributed by atoms with Gasteiger partial charge in [-0.2, -0.15) is 0 Å². The second kappa shape index (κ2) is 9.16. The van der Waals surface area contributed by atoms with Crippen LogP contribution < -0.4 is 5.32 Å². The van der Waals surface area contributed by atoms with Crippen molar-refractivity contribution in [2.45, 2.75) is 52.0 Å². The summed E-state index contributed by atoms with van der Waals surface area (Å²) in [6.45, 7) is 4.07. The van der Waals surface area contributed by atoms with Gasteiger partial charge in [-0.15, -0.1) is 0 Å². The average molecular weight is 291 g/mol. The maximum absolute atomic E-state index is 12.3. The number of carboxylic acids is 1. The number of benzene rings is 1. The molecule has 21 heavy (non-hydrogen) atoms. The predicted octanol–water partition coefficient (Wildman–Crippen LogP) is 3.01. The van der Waals surface area contributed by atoms with E-state index >= 15 is 0 Å². The van der Waals surface area contributed by atoms with Crippen molar-refractivity contribution < 1.29 is 14.7 Å². The summed E-state index contributed by atoms with van der Waals surface area (Å²) in [6, 6.07) is 8.50. The molecule has 0 aromatic heterocycles. The van der Waals surface area contributed by atoms with Gasteiger partial charge in [0, 0.05) is 12.3 Å². The van der Waals surface area contributed by atoms with E-state index in [1.807, 2.05) is 44.2 Å². The van der Waals surface area contributed by atoms with Gasteiger partial charge in [0.25, 0.3) is 0 Å². The van der Waals surface area contributed by atoms with Crippen molar-refractivity contribution in [3.63, 3.8) is 0 Å². The van der Waals surface area contributed by atoms with Crippen molar-refractivity contribution >= 4 is 11.9 Å². The molecule has 1 amide bonds. The molecule has 0 bridgehead atoms. The Hall–Kier alpha value is -1.84. The van der Waals surface area contributed by atoms with Crippen molar-refractivity contribution in [1.29, 1.82) is 0 Å². The average Bonchev–Trinajstić information content (AvgIpc) is 2.47.